The Morgan fingerprint density at radius 3 is 2.25 bits per heavy atom. The number of hydroxylamine groups is 1. The molecule has 12 heavy (non-hydrogen) atoms. The second-order valence-electron chi connectivity index (χ2n) is 1.40. The number of urea groups is 1. The van der Waals surface area contributed by atoms with Crippen LogP contribution < -0.4 is 11.2 Å². The van der Waals surface area contributed by atoms with Crippen LogP contribution in [0.3, 0.4) is 0 Å². The number of carbonyl (C=O) groups excluding carboxylic acids is 2. The van der Waals surface area contributed by atoms with Gasteiger partial charge in [-0.2, -0.15) is 5.48 Å². The molecule has 0 aromatic carbocycles. The molecule has 70 valence electrons. The van der Waals surface area contributed by atoms with Crippen molar-refractivity contribution < 1.29 is 33.3 Å². The molecule has 0 aromatic heterocycles. The topological polar surface area (TPSA) is 148 Å². The quantitative estimate of drug-likeness (QED) is 0.307. The maximum Gasteiger partial charge on any atom is 0.541 e. The van der Waals surface area contributed by atoms with Gasteiger partial charge in [-0.05, 0) is 0 Å². The molecule has 0 aliphatic carbocycles. The Morgan fingerprint density at radius 2 is 1.92 bits per heavy atom. The van der Waals surface area contributed by atoms with Gasteiger partial charge < -0.3 is 15.1 Å². The second kappa shape index (κ2) is 3.90. The van der Waals surface area contributed by atoms with E-state index in [4.69, 9.17) is 9.79 Å². The van der Waals surface area contributed by atoms with Crippen molar-refractivity contribution in [2.24, 2.45) is 5.73 Å². The molecular formula is C2H5N2O7P. The minimum Gasteiger partial charge on any atom is -0.349 e. The average Bonchev–Trinajstić information content (AvgIpc) is 1.79. The van der Waals surface area contributed by atoms with E-state index in [0.717, 1.165) is 0 Å². The fourth-order valence-corrected chi connectivity index (χ4v) is 0.439. The lowest BCUT2D eigenvalue weighted by molar-refractivity contribution is 0.0549. The summed E-state index contributed by atoms with van der Waals surface area (Å²) in [6.07, 6.45) is -1.76. The molecular weight excluding hydrogens is 195 g/mol. The first-order chi connectivity index (χ1) is 5.31. The van der Waals surface area contributed by atoms with Gasteiger partial charge in [-0.15, -0.1) is 0 Å². The normalized spacial score (nSPS) is 10.2. The summed E-state index contributed by atoms with van der Waals surface area (Å²) in [4.78, 5) is 39.6. The first-order valence-electron chi connectivity index (χ1n) is 2.32. The van der Waals surface area contributed by atoms with Gasteiger partial charge in [0.05, 0.1) is 0 Å². The van der Waals surface area contributed by atoms with Gasteiger partial charge in [0.2, 0.25) is 0 Å². The standard InChI is InChI=1S/C2H5N2O7P/c3-1(5)4-10-2(6)11-12(7,8)9/h(H3,3,4,5)(H2,7,8,9). The van der Waals surface area contributed by atoms with Crippen LogP contribution in [0, 0.1) is 0 Å². The Kier molecular flexibility index (Phi) is 3.48. The molecule has 5 N–H and O–H groups in total. The zero-order valence-corrected chi connectivity index (χ0v) is 6.35. The minimum absolute atomic E-state index is 1.21. The van der Waals surface area contributed by atoms with Crippen molar-refractivity contribution in [1.82, 2.24) is 5.48 Å². The molecule has 0 aliphatic rings. The number of rotatable bonds is 1. The minimum atomic E-state index is -4.95. The van der Waals surface area contributed by atoms with E-state index in [-0.39, 0.29) is 0 Å². The van der Waals surface area contributed by atoms with Crippen molar-refractivity contribution in [1.29, 1.82) is 0 Å². The summed E-state index contributed by atoms with van der Waals surface area (Å²) in [6, 6.07) is -1.21. The van der Waals surface area contributed by atoms with E-state index in [1.807, 2.05) is 0 Å². The van der Waals surface area contributed by atoms with Crippen molar-refractivity contribution in [2.75, 3.05) is 0 Å². The lowest BCUT2D eigenvalue weighted by atomic mass is 11.2. The molecule has 0 saturated heterocycles. The van der Waals surface area contributed by atoms with Crippen molar-refractivity contribution in [3.05, 3.63) is 0 Å². The maximum absolute atomic E-state index is 10.2. The van der Waals surface area contributed by atoms with Gasteiger partial charge in [0.15, 0.2) is 0 Å². The number of nitrogens with two attached hydrogens (primary N) is 1. The molecule has 0 spiro atoms. The highest BCUT2D eigenvalue weighted by atomic mass is 31.2. The molecule has 0 unspecified atom stereocenters. The van der Waals surface area contributed by atoms with Gasteiger partial charge >= 0.3 is 20.0 Å². The molecule has 0 saturated carbocycles. The second-order valence-corrected chi connectivity index (χ2v) is 2.56. The highest BCUT2D eigenvalue weighted by Gasteiger charge is 2.22. The monoisotopic (exact) mass is 200 g/mol. The summed E-state index contributed by atoms with van der Waals surface area (Å²) in [5, 5.41) is 0. The van der Waals surface area contributed by atoms with Crippen LogP contribution in [-0.2, 0) is 13.9 Å². The van der Waals surface area contributed by atoms with E-state index >= 15 is 0 Å². The summed E-state index contributed by atoms with van der Waals surface area (Å²) in [6.45, 7) is 0. The van der Waals surface area contributed by atoms with Gasteiger partial charge in [0, 0.05) is 0 Å². The number of amides is 2. The lowest BCUT2D eigenvalue weighted by Crippen LogP contribution is -2.31. The molecule has 0 fully saturated rings. The lowest BCUT2D eigenvalue weighted by Gasteiger charge is -2.04. The van der Waals surface area contributed by atoms with Crippen LogP contribution in [0.2, 0.25) is 0 Å². The first kappa shape index (κ1) is 10.7. The number of nitrogens with one attached hydrogen (secondary N) is 1. The number of hydrogen-bond donors (Lipinski definition) is 4. The summed E-state index contributed by atoms with van der Waals surface area (Å²) in [7, 11) is -4.95. The first-order valence-corrected chi connectivity index (χ1v) is 3.85. The van der Waals surface area contributed by atoms with Crippen molar-refractivity contribution in [2.45, 2.75) is 0 Å². The molecule has 9 nitrogen and oxygen atoms in total. The van der Waals surface area contributed by atoms with Crippen LogP contribution in [-0.4, -0.2) is 22.0 Å². The Morgan fingerprint density at radius 1 is 1.42 bits per heavy atom. The van der Waals surface area contributed by atoms with E-state index in [1.165, 1.54) is 5.48 Å². The number of phosphoric acid groups is 1. The average molecular weight is 200 g/mol. The number of hydrogen-bond acceptors (Lipinski definition) is 5. The molecule has 2 amide bonds. The SMILES string of the molecule is NC(=O)NOC(=O)OP(=O)(O)O. The molecule has 0 aromatic rings. The van der Waals surface area contributed by atoms with Crippen LogP contribution >= 0.6 is 7.82 Å². The van der Waals surface area contributed by atoms with Crippen LogP contribution in [0.15, 0.2) is 0 Å². The third-order valence-electron chi connectivity index (χ3n) is 0.428. The molecule has 0 radical (unpaired) electrons. The smallest absolute Gasteiger partial charge is 0.349 e. The van der Waals surface area contributed by atoms with Crippen LogP contribution in [0.4, 0.5) is 9.59 Å². The molecule has 0 bridgehead atoms. The zero-order chi connectivity index (χ0) is 9.78. The Balaban J connectivity index is 3.76. The Labute approximate surface area is 65.6 Å². The Hall–Kier alpha value is -1.31. The predicted molar refractivity (Wildman–Crippen MR) is 32.3 cm³/mol. The van der Waals surface area contributed by atoms with Crippen LogP contribution in [0.1, 0.15) is 0 Å². The van der Waals surface area contributed by atoms with Gasteiger partial charge in [0.1, 0.15) is 0 Å². The molecule has 0 rings (SSSR count). The van der Waals surface area contributed by atoms with Crippen molar-refractivity contribution in [3.8, 4) is 0 Å². The predicted octanol–water partition coefficient (Wildman–Crippen LogP) is -1.18. The largest absolute Gasteiger partial charge is 0.541 e. The van der Waals surface area contributed by atoms with Gasteiger partial charge in [-0.25, -0.2) is 14.2 Å². The number of phosphoric ester groups is 1. The molecule has 10 heteroatoms. The number of carbonyl (C=O) groups is 2. The van der Waals surface area contributed by atoms with E-state index in [2.05, 4.69) is 15.1 Å². The fourth-order valence-electron chi connectivity index (χ4n) is 0.208. The third-order valence-corrected chi connectivity index (χ3v) is 0.815. The van der Waals surface area contributed by atoms with Crippen LogP contribution in [0.5, 0.6) is 0 Å². The highest BCUT2D eigenvalue weighted by molar-refractivity contribution is 7.46. The summed E-state index contributed by atoms with van der Waals surface area (Å²) >= 11 is 0. The van der Waals surface area contributed by atoms with Gasteiger partial charge in [0.25, 0.3) is 0 Å². The fraction of sp³-hybridized carbons (Fsp3) is 0. The van der Waals surface area contributed by atoms with Crippen molar-refractivity contribution in [3.63, 3.8) is 0 Å². The van der Waals surface area contributed by atoms with E-state index < -0.39 is 20.0 Å². The molecule has 0 aliphatic heterocycles. The van der Waals surface area contributed by atoms with Crippen LogP contribution in [0.25, 0.3) is 0 Å². The zero-order valence-electron chi connectivity index (χ0n) is 5.46. The van der Waals surface area contributed by atoms with Gasteiger partial charge in [-0.1, -0.05) is 0 Å². The molecule has 0 heterocycles. The third kappa shape index (κ3) is 6.81. The van der Waals surface area contributed by atoms with E-state index in [1.54, 1.807) is 0 Å². The molecule has 0 atom stereocenters. The maximum atomic E-state index is 10.2. The number of primary amides is 1. The van der Waals surface area contributed by atoms with E-state index in [9.17, 15) is 14.2 Å². The van der Waals surface area contributed by atoms with Crippen molar-refractivity contribution >= 4 is 20.0 Å². The Bertz CT molecular complexity index is 232. The highest BCUT2D eigenvalue weighted by Crippen LogP contribution is 2.35. The van der Waals surface area contributed by atoms with Gasteiger partial charge in [-0.3, -0.25) is 9.79 Å². The summed E-state index contributed by atoms with van der Waals surface area (Å²) in [5.74, 6) is 0. The summed E-state index contributed by atoms with van der Waals surface area (Å²) in [5.41, 5.74) is 5.72. The summed E-state index contributed by atoms with van der Waals surface area (Å²) < 4.78 is 13.2. The van der Waals surface area contributed by atoms with E-state index in [0.29, 0.717) is 0 Å².